The van der Waals surface area contributed by atoms with Gasteiger partial charge in [0, 0.05) is 33.1 Å². The molecule has 5 heteroatoms. The zero-order valence-electron chi connectivity index (χ0n) is 26.7. The van der Waals surface area contributed by atoms with Crippen molar-refractivity contribution in [3.05, 3.63) is 180 Å². The first kappa shape index (κ1) is 28.8. The largest absolute Gasteiger partial charge is 0.310 e. The fourth-order valence-electron chi connectivity index (χ4n) is 7.37. The van der Waals surface area contributed by atoms with E-state index in [0.717, 1.165) is 77.2 Å². The number of benzene rings is 7. The summed E-state index contributed by atoms with van der Waals surface area (Å²) in [5, 5.41) is 13.8. The van der Waals surface area contributed by atoms with Gasteiger partial charge in [-0.3, -0.25) is 0 Å². The summed E-state index contributed by atoms with van der Waals surface area (Å²) in [5.41, 5.74) is 12.1. The van der Waals surface area contributed by atoms with E-state index in [2.05, 4.69) is 104 Å². The van der Waals surface area contributed by atoms with Gasteiger partial charge >= 0.3 is 0 Å². The summed E-state index contributed by atoms with van der Waals surface area (Å²) in [4.78, 5) is 7.50. The molecule has 5 nitrogen and oxygen atoms in total. The first-order valence-corrected chi connectivity index (χ1v) is 16.2. The normalized spacial score (nSPS) is 11.1. The number of para-hydroxylation sites is 2. The number of hydrogen-bond donors (Lipinski definition) is 0. The molecular formula is C45H25N5. The predicted octanol–water partition coefficient (Wildman–Crippen LogP) is 12.2. The quantitative estimate of drug-likeness (QED) is 0.177. The molecule has 0 atom stereocenters. The Balaban J connectivity index is 1.22. The van der Waals surface area contributed by atoms with Crippen molar-refractivity contribution >= 4 is 55.0 Å². The van der Waals surface area contributed by atoms with Gasteiger partial charge in [-0.05, 0) is 82.7 Å². The van der Waals surface area contributed by atoms with Crippen LogP contribution in [0, 0.1) is 24.5 Å². The second-order valence-corrected chi connectivity index (χ2v) is 12.3. The Morgan fingerprint density at radius 3 is 1.74 bits per heavy atom. The molecule has 230 valence electrons. The summed E-state index contributed by atoms with van der Waals surface area (Å²) in [6.45, 7) is 15.5. The molecule has 0 aliphatic rings. The van der Waals surface area contributed by atoms with Crippen molar-refractivity contribution < 1.29 is 0 Å². The van der Waals surface area contributed by atoms with E-state index in [1.54, 1.807) is 0 Å². The van der Waals surface area contributed by atoms with Gasteiger partial charge in [0.15, 0.2) is 11.4 Å². The average Bonchev–Trinajstić information content (AvgIpc) is 3.69. The van der Waals surface area contributed by atoms with E-state index in [1.807, 2.05) is 72.8 Å². The van der Waals surface area contributed by atoms with Crippen molar-refractivity contribution in [3.63, 3.8) is 0 Å². The van der Waals surface area contributed by atoms with Crippen molar-refractivity contribution in [2.24, 2.45) is 0 Å². The summed E-state index contributed by atoms with van der Waals surface area (Å²) in [6.07, 6.45) is 0. The molecular weight excluding hydrogens is 611 g/mol. The van der Waals surface area contributed by atoms with Crippen molar-refractivity contribution in [1.29, 1.82) is 5.26 Å². The highest BCUT2D eigenvalue weighted by molar-refractivity contribution is 6.11. The van der Waals surface area contributed by atoms with Crippen LogP contribution in [0.3, 0.4) is 0 Å². The smallest absolute Gasteiger partial charge is 0.189 e. The third-order valence-corrected chi connectivity index (χ3v) is 9.59. The molecule has 0 aliphatic heterocycles. The molecule has 50 heavy (non-hydrogen) atoms. The fourth-order valence-corrected chi connectivity index (χ4v) is 7.37. The summed E-state index contributed by atoms with van der Waals surface area (Å²) in [5.74, 6) is 0. The van der Waals surface area contributed by atoms with Gasteiger partial charge in [-0.25, -0.2) is 9.69 Å². The molecule has 2 aromatic heterocycles. The maximum Gasteiger partial charge on any atom is 0.189 e. The third kappa shape index (κ3) is 4.38. The fraction of sp³-hybridized carbons (Fsp3) is 0. The van der Waals surface area contributed by atoms with E-state index in [0.29, 0.717) is 16.9 Å². The monoisotopic (exact) mass is 635 g/mol. The highest BCUT2D eigenvalue weighted by Gasteiger charge is 2.19. The standard InChI is InChI=1S/C45H25N5/c1-47-31-19-24-44-40(26-31)37-12-6-8-14-42(37)50(44)45-27-32(48-2)18-22-38(45)35-10-4-3-9-34(35)30-16-20-33(21-17-30)49-41-13-7-5-11-36(41)39-25-29(28-46)15-23-43(39)49/h3-27H. The minimum Gasteiger partial charge on any atom is -0.310 e. The molecule has 0 fully saturated rings. The highest BCUT2D eigenvalue weighted by Crippen LogP contribution is 2.42. The number of nitriles is 1. The van der Waals surface area contributed by atoms with Crippen molar-refractivity contribution in [2.45, 2.75) is 0 Å². The van der Waals surface area contributed by atoms with Gasteiger partial charge in [0.2, 0.25) is 0 Å². The van der Waals surface area contributed by atoms with Crippen LogP contribution in [0.5, 0.6) is 0 Å². The van der Waals surface area contributed by atoms with E-state index < -0.39 is 0 Å². The third-order valence-electron chi connectivity index (χ3n) is 9.59. The molecule has 0 saturated carbocycles. The molecule has 0 bridgehead atoms. The summed E-state index contributed by atoms with van der Waals surface area (Å²) >= 11 is 0. The number of hydrogen-bond acceptors (Lipinski definition) is 1. The first-order valence-electron chi connectivity index (χ1n) is 16.2. The molecule has 0 saturated heterocycles. The Kier molecular flexibility index (Phi) is 6.56. The number of rotatable bonds is 4. The van der Waals surface area contributed by atoms with E-state index in [4.69, 9.17) is 13.1 Å². The van der Waals surface area contributed by atoms with Crippen LogP contribution >= 0.6 is 0 Å². The van der Waals surface area contributed by atoms with Gasteiger partial charge < -0.3 is 9.13 Å². The lowest BCUT2D eigenvalue weighted by Gasteiger charge is -2.18. The van der Waals surface area contributed by atoms with Gasteiger partial charge in [-0.2, -0.15) is 5.26 Å². The summed E-state index contributed by atoms with van der Waals surface area (Å²) in [6, 6.07) is 53.5. The van der Waals surface area contributed by atoms with Gasteiger partial charge in [0.25, 0.3) is 0 Å². The van der Waals surface area contributed by atoms with Crippen LogP contribution < -0.4 is 0 Å². The van der Waals surface area contributed by atoms with Crippen LogP contribution in [0.15, 0.2) is 152 Å². The van der Waals surface area contributed by atoms with Crippen LogP contribution in [0.1, 0.15) is 5.56 Å². The Labute approximate surface area is 288 Å². The molecule has 0 aliphatic carbocycles. The maximum atomic E-state index is 9.57. The summed E-state index contributed by atoms with van der Waals surface area (Å²) in [7, 11) is 0. The topological polar surface area (TPSA) is 42.4 Å². The van der Waals surface area contributed by atoms with Gasteiger partial charge in [-0.15, -0.1) is 0 Å². The van der Waals surface area contributed by atoms with E-state index >= 15 is 0 Å². The van der Waals surface area contributed by atoms with E-state index in [-0.39, 0.29) is 0 Å². The molecule has 2 heterocycles. The Bertz CT molecular complexity index is 2960. The lowest BCUT2D eigenvalue weighted by atomic mass is 9.93. The highest BCUT2D eigenvalue weighted by atomic mass is 15.0. The molecule has 0 radical (unpaired) electrons. The number of aromatic nitrogens is 2. The average molecular weight is 636 g/mol. The van der Waals surface area contributed by atoms with Crippen LogP contribution in [0.4, 0.5) is 11.4 Å². The van der Waals surface area contributed by atoms with Crippen molar-refractivity contribution in [3.8, 4) is 39.7 Å². The van der Waals surface area contributed by atoms with Crippen molar-refractivity contribution in [1.82, 2.24) is 9.13 Å². The van der Waals surface area contributed by atoms with Crippen LogP contribution in [0.25, 0.3) is 86.9 Å². The van der Waals surface area contributed by atoms with Crippen LogP contribution in [-0.2, 0) is 0 Å². The minimum atomic E-state index is 0.558. The number of nitrogens with zero attached hydrogens (tertiary/aromatic N) is 5. The van der Waals surface area contributed by atoms with Crippen molar-refractivity contribution in [2.75, 3.05) is 0 Å². The van der Waals surface area contributed by atoms with E-state index in [1.165, 1.54) is 0 Å². The molecule has 9 rings (SSSR count). The molecule has 0 spiro atoms. The lowest BCUT2D eigenvalue weighted by molar-refractivity contribution is 1.18. The Morgan fingerprint density at radius 2 is 1.02 bits per heavy atom. The lowest BCUT2D eigenvalue weighted by Crippen LogP contribution is -1.98. The second-order valence-electron chi connectivity index (χ2n) is 12.3. The van der Waals surface area contributed by atoms with E-state index in [9.17, 15) is 5.26 Å². The second kappa shape index (κ2) is 11.4. The maximum absolute atomic E-state index is 9.57. The molecule has 0 unspecified atom stereocenters. The van der Waals surface area contributed by atoms with Gasteiger partial charge in [-0.1, -0.05) is 91.0 Å². The first-order chi connectivity index (χ1) is 24.7. The minimum absolute atomic E-state index is 0.558. The number of fused-ring (bicyclic) bond motifs is 6. The predicted molar refractivity (Wildman–Crippen MR) is 203 cm³/mol. The zero-order valence-corrected chi connectivity index (χ0v) is 26.7. The Morgan fingerprint density at radius 1 is 0.460 bits per heavy atom. The van der Waals surface area contributed by atoms with Gasteiger partial charge in [0.05, 0.1) is 46.8 Å². The molecule has 9 aromatic rings. The van der Waals surface area contributed by atoms with Gasteiger partial charge in [0.1, 0.15) is 0 Å². The molecule has 7 aromatic carbocycles. The summed E-state index contributed by atoms with van der Waals surface area (Å²) < 4.78 is 4.48. The van der Waals surface area contributed by atoms with Crippen LogP contribution in [0.2, 0.25) is 0 Å². The molecule has 0 amide bonds. The molecule has 0 N–H and O–H groups in total. The zero-order chi connectivity index (χ0) is 33.8. The SMILES string of the molecule is [C-]#[N+]c1ccc(-c2ccccc2-c2ccc(-n3c4ccccc4c4cc(C#N)ccc43)cc2)c(-n2c3ccccc3c3cc([N+]#[C-])ccc32)c1. The Hall–Kier alpha value is -7.39. The van der Waals surface area contributed by atoms with Crippen LogP contribution in [-0.4, -0.2) is 9.13 Å².